The summed E-state index contributed by atoms with van der Waals surface area (Å²) in [5.74, 6) is 0. The highest BCUT2D eigenvalue weighted by Gasteiger charge is 1.96. The van der Waals surface area contributed by atoms with E-state index in [0.29, 0.717) is 0 Å². The first-order valence-electron chi connectivity index (χ1n) is 13.4. The van der Waals surface area contributed by atoms with Crippen molar-refractivity contribution in [3.05, 3.63) is 0 Å². The highest BCUT2D eigenvalue weighted by atomic mass is 35.5. The van der Waals surface area contributed by atoms with Gasteiger partial charge in [-0.25, -0.2) is 0 Å². The average molecular weight is 432 g/mol. The van der Waals surface area contributed by atoms with Crippen molar-refractivity contribution in [2.45, 2.75) is 155 Å². The quantitative estimate of drug-likeness (QED) is 0.137. The zero-order valence-electron chi connectivity index (χ0n) is 20.8. The topological polar surface area (TPSA) is 3.24 Å². The molecule has 2 heteroatoms. The summed E-state index contributed by atoms with van der Waals surface area (Å²) < 4.78 is 0. The van der Waals surface area contributed by atoms with Gasteiger partial charge in [-0.1, -0.05) is 148 Å². The smallest absolute Gasteiger partial charge is 0.00248 e. The summed E-state index contributed by atoms with van der Waals surface area (Å²) in [4.78, 5) is 2.30. The third-order valence-electron chi connectivity index (χ3n) is 6.21. The molecule has 0 heterocycles. The van der Waals surface area contributed by atoms with Crippen LogP contribution in [0.4, 0.5) is 0 Å². The molecular formula is C27H58ClN. The van der Waals surface area contributed by atoms with Crippen LogP contribution < -0.4 is 0 Å². The molecule has 0 amide bonds. The minimum atomic E-state index is 0. The Bertz CT molecular complexity index is 267. The molecule has 0 aliphatic rings. The van der Waals surface area contributed by atoms with Crippen molar-refractivity contribution in [2.75, 3.05) is 20.6 Å². The van der Waals surface area contributed by atoms with Crippen molar-refractivity contribution < 1.29 is 0 Å². The molecule has 0 rings (SSSR count). The second-order valence-corrected chi connectivity index (χ2v) is 9.58. The fourth-order valence-corrected chi connectivity index (χ4v) is 4.21. The normalized spacial score (nSPS) is 11.2. The minimum absolute atomic E-state index is 0. The Hall–Kier alpha value is 0.250. The molecule has 0 aliphatic carbocycles. The molecule has 0 aromatic carbocycles. The third kappa shape index (κ3) is 30.5. The van der Waals surface area contributed by atoms with Crippen LogP contribution in [0.25, 0.3) is 0 Å². The standard InChI is InChI=1S/C27H57N.ClH/c1-4-5-6-7-8-9-10-11-12-13-14-15-16-17-18-19-20-21-22-23-24-25-26-27-28(2)3;/h4-27H2,1-3H3;1H. The van der Waals surface area contributed by atoms with Gasteiger partial charge >= 0.3 is 0 Å². The number of unbranched alkanes of at least 4 members (excludes halogenated alkanes) is 22. The molecule has 0 atom stereocenters. The molecule has 178 valence electrons. The second kappa shape index (κ2) is 28.2. The summed E-state index contributed by atoms with van der Waals surface area (Å²) in [6.45, 7) is 3.57. The molecule has 0 unspecified atom stereocenters. The van der Waals surface area contributed by atoms with Crippen LogP contribution in [0.3, 0.4) is 0 Å². The maximum atomic E-state index is 2.30. The van der Waals surface area contributed by atoms with Gasteiger partial charge in [-0.2, -0.15) is 0 Å². The number of halogens is 1. The van der Waals surface area contributed by atoms with Gasteiger partial charge in [-0.15, -0.1) is 12.4 Å². The summed E-state index contributed by atoms with van der Waals surface area (Å²) in [6, 6.07) is 0. The SMILES string of the molecule is CCCCCCCCCCCCCCCCCCCCCCCCCN(C)C.Cl. The number of rotatable bonds is 24. The highest BCUT2D eigenvalue weighted by molar-refractivity contribution is 5.85. The van der Waals surface area contributed by atoms with Crippen LogP contribution in [0.15, 0.2) is 0 Å². The average Bonchev–Trinajstić information content (AvgIpc) is 2.68. The molecule has 1 nitrogen and oxygen atoms in total. The van der Waals surface area contributed by atoms with Gasteiger partial charge < -0.3 is 4.90 Å². The van der Waals surface area contributed by atoms with Crippen LogP contribution in [0.1, 0.15) is 155 Å². The number of hydrogen-bond acceptors (Lipinski definition) is 1. The van der Waals surface area contributed by atoms with Crippen LogP contribution in [0, 0.1) is 0 Å². The Kier molecular flexibility index (Phi) is 30.6. The monoisotopic (exact) mass is 431 g/mol. The lowest BCUT2D eigenvalue weighted by Gasteiger charge is -2.08. The molecular weight excluding hydrogens is 374 g/mol. The lowest BCUT2D eigenvalue weighted by Crippen LogP contribution is -2.12. The summed E-state index contributed by atoms with van der Waals surface area (Å²) in [5, 5.41) is 0. The molecule has 0 aromatic heterocycles. The largest absolute Gasteiger partial charge is 0.309 e. The van der Waals surface area contributed by atoms with Crippen molar-refractivity contribution >= 4 is 12.4 Å². The first-order chi connectivity index (χ1) is 13.8. The van der Waals surface area contributed by atoms with Gasteiger partial charge in [-0.3, -0.25) is 0 Å². The minimum Gasteiger partial charge on any atom is -0.309 e. The molecule has 0 radical (unpaired) electrons. The summed E-state index contributed by atoms with van der Waals surface area (Å²) in [5.41, 5.74) is 0. The molecule has 0 saturated carbocycles. The Labute approximate surface area is 192 Å². The van der Waals surface area contributed by atoms with E-state index in [2.05, 4.69) is 25.9 Å². The van der Waals surface area contributed by atoms with Gasteiger partial charge in [0.15, 0.2) is 0 Å². The van der Waals surface area contributed by atoms with E-state index in [4.69, 9.17) is 0 Å². The van der Waals surface area contributed by atoms with Gasteiger partial charge in [0.25, 0.3) is 0 Å². The van der Waals surface area contributed by atoms with E-state index in [0.717, 1.165) is 0 Å². The summed E-state index contributed by atoms with van der Waals surface area (Å²) in [7, 11) is 4.36. The molecule has 0 aromatic rings. The lowest BCUT2D eigenvalue weighted by atomic mass is 10.0. The summed E-state index contributed by atoms with van der Waals surface area (Å²) >= 11 is 0. The second-order valence-electron chi connectivity index (χ2n) is 9.58. The van der Waals surface area contributed by atoms with Crippen molar-refractivity contribution in [1.82, 2.24) is 4.90 Å². The lowest BCUT2D eigenvalue weighted by molar-refractivity contribution is 0.389. The number of nitrogens with zero attached hydrogens (tertiary/aromatic N) is 1. The zero-order chi connectivity index (χ0) is 20.5. The van der Waals surface area contributed by atoms with E-state index in [1.807, 2.05) is 0 Å². The van der Waals surface area contributed by atoms with Gasteiger partial charge in [0.05, 0.1) is 0 Å². The van der Waals surface area contributed by atoms with Crippen LogP contribution in [0.2, 0.25) is 0 Å². The third-order valence-corrected chi connectivity index (χ3v) is 6.21. The van der Waals surface area contributed by atoms with Crippen LogP contribution in [-0.4, -0.2) is 25.5 Å². The van der Waals surface area contributed by atoms with Crippen LogP contribution in [-0.2, 0) is 0 Å². The Morgan fingerprint density at radius 2 is 0.552 bits per heavy atom. The fourth-order valence-electron chi connectivity index (χ4n) is 4.21. The molecule has 0 spiro atoms. The summed E-state index contributed by atoms with van der Waals surface area (Å²) in [6.07, 6.45) is 33.8. The molecule has 0 saturated heterocycles. The van der Waals surface area contributed by atoms with Crippen molar-refractivity contribution in [2.24, 2.45) is 0 Å². The molecule has 0 bridgehead atoms. The van der Waals surface area contributed by atoms with E-state index in [1.54, 1.807) is 0 Å². The maximum Gasteiger partial charge on any atom is -0.00248 e. The Morgan fingerprint density at radius 3 is 0.759 bits per heavy atom. The van der Waals surface area contributed by atoms with E-state index in [-0.39, 0.29) is 12.4 Å². The van der Waals surface area contributed by atoms with Gasteiger partial charge in [-0.05, 0) is 27.1 Å². The van der Waals surface area contributed by atoms with E-state index in [9.17, 15) is 0 Å². The zero-order valence-corrected chi connectivity index (χ0v) is 21.6. The first-order valence-corrected chi connectivity index (χ1v) is 13.4. The maximum absolute atomic E-state index is 2.30. The molecule has 0 aliphatic heterocycles. The van der Waals surface area contributed by atoms with E-state index in [1.165, 1.54) is 154 Å². The molecule has 0 fully saturated rings. The predicted molar refractivity (Wildman–Crippen MR) is 138 cm³/mol. The van der Waals surface area contributed by atoms with Crippen molar-refractivity contribution in [1.29, 1.82) is 0 Å². The van der Waals surface area contributed by atoms with Crippen LogP contribution in [0.5, 0.6) is 0 Å². The highest BCUT2D eigenvalue weighted by Crippen LogP contribution is 2.15. The Balaban J connectivity index is 0. The molecule has 29 heavy (non-hydrogen) atoms. The van der Waals surface area contributed by atoms with E-state index >= 15 is 0 Å². The van der Waals surface area contributed by atoms with Crippen molar-refractivity contribution in [3.63, 3.8) is 0 Å². The van der Waals surface area contributed by atoms with E-state index < -0.39 is 0 Å². The molecule has 0 N–H and O–H groups in total. The predicted octanol–water partition coefficient (Wildman–Crippen LogP) is 9.96. The van der Waals surface area contributed by atoms with Gasteiger partial charge in [0, 0.05) is 0 Å². The van der Waals surface area contributed by atoms with Gasteiger partial charge in [0.2, 0.25) is 0 Å². The van der Waals surface area contributed by atoms with Gasteiger partial charge in [0.1, 0.15) is 0 Å². The Morgan fingerprint density at radius 1 is 0.345 bits per heavy atom. The van der Waals surface area contributed by atoms with Crippen LogP contribution >= 0.6 is 12.4 Å². The fraction of sp³-hybridized carbons (Fsp3) is 1.00. The first kappa shape index (κ1) is 31.4. The van der Waals surface area contributed by atoms with Crippen molar-refractivity contribution in [3.8, 4) is 0 Å². The number of hydrogen-bond donors (Lipinski definition) is 0.